The minimum atomic E-state index is -0.436. The lowest BCUT2D eigenvalue weighted by Gasteiger charge is -2.15. The van der Waals surface area contributed by atoms with Gasteiger partial charge in [-0.15, -0.1) is 5.10 Å². The monoisotopic (exact) mass is 211 g/mol. The first-order chi connectivity index (χ1) is 7.11. The molecule has 1 rings (SSSR count). The Morgan fingerprint density at radius 1 is 1.47 bits per heavy atom. The molecule has 0 amide bonds. The van der Waals surface area contributed by atoms with E-state index in [9.17, 15) is 4.79 Å². The van der Waals surface area contributed by atoms with E-state index in [1.165, 1.54) is 7.11 Å². The maximum atomic E-state index is 11.4. The van der Waals surface area contributed by atoms with Gasteiger partial charge in [0.25, 0.3) is 0 Å². The fourth-order valence-corrected chi connectivity index (χ4v) is 1.43. The summed E-state index contributed by atoms with van der Waals surface area (Å²) in [6, 6.07) is 0. The average Bonchev–Trinajstić information content (AvgIpc) is 2.74. The van der Waals surface area contributed by atoms with Crippen LogP contribution in [0.15, 0.2) is 0 Å². The Bertz CT molecular complexity index is 335. The standard InChI is InChI=1S/C10H17N3O2/c1-5-6(2)7(3)8-9(10(14)15-4)12-13-11-8/h6-7H,5H2,1-4H3,(H,11,12,13). The lowest BCUT2D eigenvalue weighted by molar-refractivity contribution is 0.0591. The van der Waals surface area contributed by atoms with E-state index in [2.05, 4.69) is 34.0 Å². The highest BCUT2D eigenvalue weighted by molar-refractivity contribution is 5.88. The number of methoxy groups -OCH3 is 1. The van der Waals surface area contributed by atoms with Gasteiger partial charge in [-0.3, -0.25) is 0 Å². The molecule has 1 aromatic rings. The molecule has 0 spiro atoms. The lowest BCUT2D eigenvalue weighted by atomic mass is 9.90. The van der Waals surface area contributed by atoms with Crippen LogP contribution in [0.25, 0.3) is 0 Å². The third-order valence-electron chi connectivity index (χ3n) is 2.88. The van der Waals surface area contributed by atoms with Gasteiger partial charge in [0.05, 0.1) is 7.11 Å². The number of hydrogen-bond donors (Lipinski definition) is 1. The largest absolute Gasteiger partial charge is 0.464 e. The third-order valence-corrected chi connectivity index (χ3v) is 2.88. The number of hydrogen-bond acceptors (Lipinski definition) is 4. The molecule has 0 aliphatic rings. The molecular weight excluding hydrogens is 194 g/mol. The Labute approximate surface area is 89.2 Å². The SMILES string of the molecule is CCC(C)C(C)c1n[nH]nc1C(=O)OC. The van der Waals surface area contributed by atoms with Crippen molar-refractivity contribution in [3.05, 3.63) is 11.4 Å². The van der Waals surface area contributed by atoms with Crippen LogP contribution in [0.4, 0.5) is 0 Å². The van der Waals surface area contributed by atoms with Crippen molar-refractivity contribution >= 4 is 5.97 Å². The van der Waals surface area contributed by atoms with E-state index in [0.717, 1.165) is 6.42 Å². The van der Waals surface area contributed by atoms with Crippen molar-refractivity contribution in [2.45, 2.75) is 33.1 Å². The van der Waals surface area contributed by atoms with Crippen LogP contribution in [0.5, 0.6) is 0 Å². The molecule has 0 aromatic carbocycles. The summed E-state index contributed by atoms with van der Waals surface area (Å²) in [6.07, 6.45) is 1.04. The number of H-pyrrole nitrogens is 1. The molecular formula is C10H17N3O2. The molecule has 15 heavy (non-hydrogen) atoms. The van der Waals surface area contributed by atoms with Crippen molar-refractivity contribution in [1.29, 1.82) is 0 Å². The number of nitrogens with zero attached hydrogens (tertiary/aromatic N) is 2. The summed E-state index contributed by atoms with van der Waals surface area (Å²) in [7, 11) is 1.34. The summed E-state index contributed by atoms with van der Waals surface area (Å²) in [6.45, 7) is 6.28. The minimum Gasteiger partial charge on any atom is -0.464 e. The quantitative estimate of drug-likeness (QED) is 0.770. The lowest BCUT2D eigenvalue weighted by Crippen LogP contribution is -2.12. The van der Waals surface area contributed by atoms with Gasteiger partial charge in [0.15, 0.2) is 5.69 Å². The second kappa shape index (κ2) is 4.91. The number of carbonyl (C=O) groups is 1. The van der Waals surface area contributed by atoms with E-state index in [-0.39, 0.29) is 5.92 Å². The van der Waals surface area contributed by atoms with Crippen molar-refractivity contribution in [2.24, 2.45) is 5.92 Å². The van der Waals surface area contributed by atoms with Crippen molar-refractivity contribution in [3.63, 3.8) is 0 Å². The summed E-state index contributed by atoms with van der Waals surface area (Å²) in [5.74, 6) is 0.218. The van der Waals surface area contributed by atoms with E-state index >= 15 is 0 Å². The number of ether oxygens (including phenoxy) is 1. The highest BCUT2D eigenvalue weighted by atomic mass is 16.5. The highest BCUT2D eigenvalue weighted by Gasteiger charge is 2.24. The molecule has 0 fully saturated rings. The Kier molecular flexibility index (Phi) is 3.82. The average molecular weight is 211 g/mol. The summed E-state index contributed by atoms with van der Waals surface area (Å²) >= 11 is 0. The van der Waals surface area contributed by atoms with Crippen LogP contribution in [0.3, 0.4) is 0 Å². The maximum Gasteiger partial charge on any atom is 0.360 e. The van der Waals surface area contributed by atoms with E-state index in [1.54, 1.807) is 0 Å². The van der Waals surface area contributed by atoms with Crippen LogP contribution < -0.4 is 0 Å². The van der Waals surface area contributed by atoms with Crippen LogP contribution in [0.1, 0.15) is 49.3 Å². The second-order valence-corrected chi connectivity index (χ2v) is 3.72. The second-order valence-electron chi connectivity index (χ2n) is 3.72. The molecule has 1 heterocycles. The number of nitrogens with one attached hydrogen (secondary N) is 1. The normalized spacial score (nSPS) is 14.7. The van der Waals surface area contributed by atoms with Gasteiger partial charge in [0.2, 0.25) is 0 Å². The number of esters is 1. The zero-order chi connectivity index (χ0) is 11.4. The van der Waals surface area contributed by atoms with Gasteiger partial charge in [-0.2, -0.15) is 10.3 Å². The number of carbonyl (C=O) groups excluding carboxylic acids is 1. The van der Waals surface area contributed by atoms with Crippen molar-refractivity contribution in [1.82, 2.24) is 15.4 Å². The summed E-state index contributed by atoms with van der Waals surface area (Å²) in [5, 5.41) is 10.3. The first-order valence-corrected chi connectivity index (χ1v) is 5.10. The van der Waals surface area contributed by atoms with Crippen LogP contribution >= 0.6 is 0 Å². The van der Waals surface area contributed by atoms with Gasteiger partial charge in [0.1, 0.15) is 5.69 Å². The predicted octanol–water partition coefficient (Wildman–Crippen LogP) is 1.74. The molecule has 0 aliphatic heterocycles. The Hall–Kier alpha value is -1.39. The van der Waals surface area contributed by atoms with Crippen molar-refractivity contribution in [3.8, 4) is 0 Å². The minimum absolute atomic E-state index is 0.197. The van der Waals surface area contributed by atoms with E-state index in [4.69, 9.17) is 0 Å². The van der Waals surface area contributed by atoms with Crippen LogP contribution in [0.2, 0.25) is 0 Å². The fourth-order valence-electron chi connectivity index (χ4n) is 1.43. The topological polar surface area (TPSA) is 67.9 Å². The molecule has 0 radical (unpaired) electrons. The van der Waals surface area contributed by atoms with E-state index < -0.39 is 5.97 Å². The Morgan fingerprint density at radius 2 is 2.13 bits per heavy atom. The molecule has 0 bridgehead atoms. The maximum absolute atomic E-state index is 11.4. The summed E-state index contributed by atoms with van der Waals surface area (Å²) in [4.78, 5) is 11.4. The molecule has 2 atom stereocenters. The smallest absolute Gasteiger partial charge is 0.360 e. The van der Waals surface area contributed by atoms with Crippen molar-refractivity contribution in [2.75, 3.05) is 7.11 Å². The molecule has 2 unspecified atom stereocenters. The first kappa shape index (κ1) is 11.7. The molecule has 1 N–H and O–H groups in total. The van der Waals surface area contributed by atoms with Gasteiger partial charge >= 0.3 is 5.97 Å². The first-order valence-electron chi connectivity index (χ1n) is 5.10. The van der Waals surface area contributed by atoms with Gasteiger partial charge in [-0.1, -0.05) is 27.2 Å². The van der Waals surface area contributed by atoms with Gasteiger partial charge in [-0.25, -0.2) is 4.79 Å². The molecule has 84 valence electrons. The molecule has 0 aliphatic carbocycles. The Balaban J connectivity index is 2.94. The predicted molar refractivity (Wildman–Crippen MR) is 55.6 cm³/mol. The zero-order valence-corrected chi connectivity index (χ0v) is 9.57. The van der Waals surface area contributed by atoms with E-state index in [1.807, 2.05) is 6.92 Å². The number of rotatable bonds is 4. The third kappa shape index (κ3) is 2.34. The van der Waals surface area contributed by atoms with Gasteiger partial charge < -0.3 is 4.74 Å². The molecule has 0 saturated carbocycles. The van der Waals surface area contributed by atoms with Crippen LogP contribution in [-0.2, 0) is 4.74 Å². The highest BCUT2D eigenvalue weighted by Crippen LogP contribution is 2.26. The number of aromatic amines is 1. The zero-order valence-electron chi connectivity index (χ0n) is 9.57. The molecule has 0 saturated heterocycles. The van der Waals surface area contributed by atoms with Gasteiger partial charge in [-0.05, 0) is 5.92 Å². The summed E-state index contributed by atoms with van der Waals surface area (Å²) in [5.41, 5.74) is 0.988. The fraction of sp³-hybridized carbons (Fsp3) is 0.700. The van der Waals surface area contributed by atoms with Crippen LogP contribution in [0, 0.1) is 5.92 Å². The number of aromatic nitrogens is 3. The van der Waals surface area contributed by atoms with Crippen LogP contribution in [-0.4, -0.2) is 28.5 Å². The Morgan fingerprint density at radius 3 is 2.67 bits per heavy atom. The van der Waals surface area contributed by atoms with E-state index in [0.29, 0.717) is 17.3 Å². The van der Waals surface area contributed by atoms with Crippen molar-refractivity contribution < 1.29 is 9.53 Å². The summed E-state index contributed by atoms with van der Waals surface area (Å²) < 4.78 is 4.64. The molecule has 1 aromatic heterocycles. The molecule has 5 nitrogen and oxygen atoms in total. The van der Waals surface area contributed by atoms with Gasteiger partial charge in [0, 0.05) is 5.92 Å². The molecule has 5 heteroatoms.